The molecule has 5 nitrogen and oxygen atoms in total. The number of imidazole rings is 1. The van der Waals surface area contributed by atoms with Gasteiger partial charge < -0.3 is 11.1 Å². The number of hydrogen-bond donors (Lipinski definition) is 2. The van der Waals surface area contributed by atoms with Gasteiger partial charge in [0.05, 0.1) is 5.69 Å². The van der Waals surface area contributed by atoms with Crippen LogP contribution in [0.25, 0.3) is 5.69 Å². The van der Waals surface area contributed by atoms with Crippen LogP contribution in [-0.2, 0) is 6.54 Å². The van der Waals surface area contributed by atoms with Gasteiger partial charge in [-0.1, -0.05) is 39.0 Å². The summed E-state index contributed by atoms with van der Waals surface area (Å²) in [4.78, 5) is 15.3. The van der Waals surface area contributed by atoms with Crippen molar-refractivity contribution < 1.29 is 4.79 Å². The fourth-order valence-electron chi connectivity index (χ4n) is 2.09. The van der Waals surface area contributed by atoms with Crippen molar-refractivity contribution >= 4 is 5.91 Å². The number of carbonyl (C=O) groups excluding carboxylic acids is 1. The first-order valence-electron chi connectivity index (χ1n) is 6.93. The third kappa shape index (κ3) is 3.92. The lowest BCUT2D eigenvalue weighted by Gasteiger charge is -2.20. The van der Waals surface area contributed by atoms with Crippen LogP contribution in [0.3, 0.4) is 0 Å². The Hall–Kier alpha value is -2.14. The molecule has 0 unspecified atom stereocenters. The molecule has 0 spiro atoms. The Morgan fingerprint density at radius 2 is 2.10 bits per heavy atom. The summed E-state index contributed by atoms with van der Waals surface area (Å²) in [6, 6.07) is 7.86. The summed E-state index contributed by atoms with van der Waals surface area (Å²) in [6.07, 6.45) is 4.31. The zero-order valence-electron chi connectivity index (χ0n) is 12.7. The highest BCUT2D eigenvalue weighted by Gasteiger charge is 2.14. The van der Waals surface area contributed by atoms with Gasteiger partial charge in [0.25, 0.3) is 5.91 Å². The number of amides is 1. The van der Waals surface area contributed by atoms with Crippen molar-refractivity contribution in [1.82, 2.24) is 14.9 Å². The van der Waals surface area contributed by atoms with Gasteiger partial charge in [0.2, 0.25) is 5.82 Å². The van der Waals surface area contributed by atoms with E-state index in [1.165, 1.54) is 0 Å². The van der Waals surface area contributed by atoms with Gasteiger partial charge in [0.15, 0.2) is 0 Å². The van der Waals surface area contributed by atoms with Gasteiger partial charge in [-0.25, -0.2) is 4.98 Å². The topological polar surface area (TPSA) is 72.9 Å². The van der Waals surface area contributed by atoms with Crippen LogP contribution >= 0.6 is 0 Å². The fraction of sp³-hybridized carbons (Fsp3) is 0.375. The van der Waals surface area contributed by atoms with Gasteiger partial charge >= 0.3 is 0 Å². The minimum absolute atomic E-state index is 0.193. The molecule has 0 aliphatic heterocycles. The number of aromatic nitrogens is 2. The monoisotopic (exact) mass is 285 g/mol. The molecule has 1 heterocycles. The summed E-state index contributed by atoms with van der Waals surface area (Å²) in [5, 5.41) is 3.43. The standard InChI is InChI=1S/C16H21N4O/c1-16(2,3)11-18-10-12-6-4-5-7-13(12)20-9-8-19-15(20)14(17)21/h4-7,9,18H,10-11H2,1-3H3,(H2,17,21). The lowest BCUT2D eigenvalue weighted by Crippen LogP contribution is -2.27. The highest BCUT2D eigenvalue weighted by atomic mass is 16.1. The minimum Gasteiger partial charge on any atom is -0.363 e. The number of primary amides is 1. The molecular formula is C16H21N4O. The van der Waals surface area contributed by atoms with E-state index in [0.717, 1.165) is 17.8 Å². The number of benzene rings is 1. The molecule has 111 valence electrons. The largest absolute Gasteiger partial charge is 0.363 e. The molecule has 3 N–H and O–H groups in total. The van der Waals surface area contributed by atoms with E-state index in [9.17, 15) is 4.79 Å². The Labute approximate surface area is 125 Å². The van der Waals surface area contributed by atoms with E-state index in [0.29, 0.717) is 6.54 Å². The van der Waals surface area contributed by atoms with Gasteiger partial charge in [-0.2, -0.15) is 0 Å². The molecule has 0 fully saturated rings. The molecule has 0 aliphatic rings. The molecular weight excluding hydrogens is 264 g/mol. The highest BCUT2D eigenvalue weighted by molar-refractivity contribution is 5.89. The van der Waals surface area contributed by atoms with Gasteiger partial charge in [0, 0.05) is 19.3 Å². The highest BCUT2D eigenvalue weighted by Crippen LogP contribution is 2.17. The Morgan fingerprint density at radius 1 is 1.38 bits per heavy atom. The summed E-state index contributed by atoms with van der Waals surface area (Å²) in [5.41, 5.74) is 7.53. The Morgan fingerprint density at radius 3 is 2.76 bits per heavy atom. The van der Waals surface area contributed by atoms with Crippen LogP contribution in [0.1, 0.15) is 37.0 Å². The van der Waals surface area contributed by atoms with Gasteiger partial charge in [-0.15, -0.1) is 0 Å². The lowest BCUT2D eigenvalue weighted by atomic mass is 9.97. The maximum absolute atomic E-state index is 11.4. The minimum atomic E-state index is -0.561. The van der Waals surface area contributed by atoms with E-state index in [-0.39, 0.29) is 11.2 Å². The average molecular weight is 285 g/mol. The third-order valence-electron chi connectivity index (χ3n) is 3.03. The molecule has 1 amide bonds. The van der Waals surface area contributed by atoms with Gasteiger partial charge in [-0.05, 0) is 17.0 Å². The van der Waals surface area contributed by atoms with Crippen LogP contribution in [0.15, 0.2) is 30.5 Å². The van der Waals surface area contributed by atoms with Crippen molar-refractivity contribution in [2.24, 2.45) is 11.1 Å². The Kier molecular flexibility index (Phi) is 4.43. The molecule has 1 aromatic carbocycles. The number of nitrogens with two attached hydrogens (primary N) is 1. The van der Waals surface area contributed by atoms with Gasteiger partial charge in [-0.3, -0.25) is 9.36 Å². The summed E-state index contributed by atoms with van der Waals surface area (Å²) >= 11 is 0. The van der Waals surface area contributed by atoms with Crippen molar-refractivity contribution in [3.8, 4) is 5.69 Å². The van der Waals surface area contributed by atoms with E-state index < -0.39 is 5.91 Å². The van der Waals surface area contributed by atoms with E-state index in [1.807, 2.05) is 24.3 Å². The smallest absolute Gasteiger partial charge is 0.285 e. The quantitative estimate of drug-likeness (QED) is 0.881. The Bertz CT molecular complexity index is 625. The maximum Gasteiger partial charge on any atom is 0.285 e. The zero-order chi connectivity index (χ0) is 15.5. The Balaban J connectivity index is 2.25. The summed E-state index contributed by atoms with van der Waals surface area (Å²) in [7, 11) is 0. The molecule has 0 saturated heterocycles. The normalized spacial score (nSPS) is 11.6. The van der Waals surface area contributed by atoms with Crippen LogP contribution in [0.5, 0.6) is 0 Å². The van der Waals surface area contributed by atoms with Crippen molar-refractivity contribution in [3.05, 3.63) is 48.0 Å². The van der Waals surface area contributed by atoms with Crippen LogP contribution in [0, 0.1) is 11.6 Å². The lowest BCUT2D eigenvalue weighted by molar-refractivity contribution is 0.0989. The van der Waals surface area contributed by atoms with E-state index in [1.54, 1.807) is 10.8 Å². The zero-order valence-corrected chi connectivity index (χ0v) is 12.7. The van der Waals surface area contributed by atoms with E-state index in [2.05, 4.69) is 37.3 Å². The van der Waals surface area contributed by atoms with Gasteiger partial charge in [0.1, 0.15) is 6.20 Å². The van der Waals surface area contributed by atoms with Crippen molar-refractivity contribution in [2.75, 3.05) is 6.54 Å². The van der Waals surface area contributed by atoms with E-state index in [4.69, 9.17) is 5.73 Å². The second-order valence-corrected chi connectivity index (χ2v) is 6.22. The predicted octanol–water partition coefficient (Wildman–Crippen LogP) is 1.91. The second-order valence-electron chi connectivity index (χ2n) is 6.22. The number of nitrogens with zero attached hydrogens (tertiary/aromatic N) is 2. The van der Waals surface area contributed by atoms with Crippen LogP contribution in [-0.4, -0.2) is 22.0 Å². The fourth-order valence-corrected chi connectivity index (χ4v) is 2.09. The molecule has 0 aliphatic carbocycles. The molecule has 21 heavy (non-hydrogen) atoms. The number of hydrogen-bond acceptors (Lipinski definition) is 3. The van der Waals surface area contributed by atoms with Crippen LogP contribution in [0.4, 0.5) is 0 Å². The number of para-hydroxylation sites is 1. The van der Waals surface area contributed by atoms with Crippen LogP contribution < -0.4 is 11.1 Å². The van der Waals surface area contributed by atoms with Crippen molar-refractivity contribution in [3.63, 3.8) is 0 Å². The SMILES string of the molecule is CC(C)(C)CNCc1ccccc1-n1c[c]nc1C(N)=O. The first-order chi connectivity index (χ1) is 9.88. The van der Waals surface area contributed by atoms with E-state index >= 15 is 0 Å². The molecule has 2 rings (SSSR count). The number of nitrogens with one attached hydrogen (secondary N) is 1. The number of rotatable bonds is 5. The first kappa shape index (κ1) is 15.3. The molecule has 0 saturated carbocycles. The average Bonchev–Trinajstić information content (AvgIpc) is 2.87. The first-order valence-corrected chi connectivity index (χ1v) is 6.93. The molecule has 0 atom stereocenters. The summed E-state index contributed by atoms with van der Waals surface area (Å²) < 4.78 is 1.68. The maximum atomic E-state index is 11.4. The molecule has 0 bridgehead atoms. The third-order valence-corrected chi connectivity index (χ3v) is 3.03. The van der Waals surface area contributed by atoms with Crippen LogP contribution in [0.2, 0.25) is 0 Å². The van der Waals surface area contributed by atoms with Crippen molar-refractivity contribution in [2.45, 2.75) is 27.3 Å². The summed E-state index contributed by atoms with van der Waals surface area (Å²) in [5.74, 6) is -0.369. The molecule has 5 heteroatoms. The molecule has 1 aromatic heterocycles. The predicted molar refractivity (Wildman–Crippen MR) is 82.1 cm³/mol. The van der Waals surface area contributed by atoms with Crippen molar-refractivity contribution in [1.29, 1.82) is 0 Å². The molecule has 2 aromatic rings. The summed E-state index contributed by atoms with van der Waals surface area (Å²) in [6.45, 7) is 8.16. The second kappa shape index (κ2) is 6.10. The number of carbonyl (C=O) groups is 1. The molecule has 1 radical (unpaired) electrons.